The molecule has 2 rings (SSSR count). The van der Waals surface area contributed by atoms with E-state index in [1.165, 1.54) is 4.90 Å². The monoisotopic (exact) mass is 417 g/mol. The number of likely N-dealkylation sites (tertiary alicyclic amines) is 1. The van der Waals surface area contributed by atoms with E-state index in [9.17, 15) is 18.0 Å². The van der Waals surface area contributed by atoms with Crippen LogP contribution < -0.4 is 0 Å². The molecule has 0 unspecified atom stereocenters. The highest BCUT2D eigenvalue weighted by Gasteiger charge is 2.59. The van der Waals surface area contributed by atoms with Gasteiger partial charge in [0.05, 0.1) is 0 Å². The van der Waals surface area contributed by atoms with Crippen molar-refractivity contribution in [2.75, 3.05) is 13.1 Å². The third kappa shape index (κ3) is 5.08. The van der Waals surface area contributed by atoms with Crippen molar-refractivity contribution < 1.29 is 27.1 Å². The molecule has 1 heterocycles. The van der Waals surface area contributed by atoms with E-state index in [1.807, 2.05) is 51.1 Å². The lowest BCUT2D eigenvalue weighted by Gasteiger charge is -2.47. The maximum atomic E-state index is 14.0. The number of hydrogen-bond acceptors (Lipinski definition) is 3. The Labute approximate surface area is 166 Å². The molecule has 1 saturated heterocycles. The number of nitrogens with zero attached hydrogens (tertiary/aromatic N) is 1. The summed E-state index contributed by atoms with van der Waals surface area (Å²) in [5.41, 5.74) is -1.32. The molecule has 28 heavy (non-hydrogen) atoms. The van der Waals surface area contributed by atoms with Crippen LogP contribution in [-0.4, -0.2) is 44.2 Å². The van der Waals surface area contributed by atoms with Crippen molar-refractivity contribution in [1.29, 1.82) is 0 Å². The highest BCUT2D eigenvalue weighted by Crippen LogP contribution is 2.45. The van der Waals surface area contributed by atoms with Crippen LogP contribution in [-0.2, 0) is 15.8 Å². The number of benzene rings is 1. The molecule has 0 saturated carbocycles. The number of amides is 1. The summed E-state index contributed by atoms with van der Waals surface area (Å²) < 4.78 is 53.2. The summed E-state index contributed by atoms with van der Waals surface area (Å²) in [7, 11) is -2.45. The Morgan fingerprint density at radius 2 is 1.61 bits per heavy atom. The largest absolute Gasteiger partial charge is 0.445 e. The Kier molecular flexibility index (Phi) is 7.56. The highest BCUT2D eigenvalue weighted by molar-refractivity contribution is 6.73. The summed E-state index contributed by atoms with van der Waals surface area (Å²) in [5.74, 6) is 0. The zero-order chi connectivity index (χ0) is 20.8. The summed E-state index contributed by atoms with van der Waals surface area (Å²) >= 11 is 0. The van der Waals surface area contributed by atoms with Gasteiger partial charge in [-0.15, -0.1) is 0 Å². The van der Waals surface area contributed by atoms with Gasteiger partial charge in [-0.3, -0.25) is 0 Å². The fourth-order valence-corrected chi connectivity index (χ4v) is 6.77. The molecule has 1 amide bonds. The number of piperidine rings is 1. The van der Waals surface area contributed by atoms with Gasteiger partial charge in [-0.2, -0.15) is 13.2 Å². The SMILES string of the molecule is CC[Si](CC)(CC)OC1(C(F)(F)F)CCN(C(=O)OCc2ccccc2)CC1. The quantitative estimate of drug-likeness (QED) is 0.531. The fraction of sp³-hybridized carbons (Fsp3) is 0.650. The van der Waals surface area contributed by atoms with Crippen molar-refractivity contribution in [3.8, 4) is 0 Å². The fourth-order valence-electron chi connectivity index (χ4n) is 3.69. The molecule has 0 aliphatic carbocycles. The molecule has 1 aromatic rings. The van der Waals surface area contributed by atoms with Gasteiger partial charge in [-0.05, 0) is 23.7 Å². The summed E-state index contributed by atoms with van der Waals surface area (Å²) in [5, 5.41) is 0. The van der Waals surface area contributed by atoms with Gasteiger partial charge in [-0.25, -0.2) is 4.79 Å². The van der Waals surface area contributed by atoms with E-state index in [1.54, 1.807) is 0 Å². The number of rotatable bonds is 7. The van der Waals surface area contributed by atoms with Crippen molar-refractivity contribution in [2.24, 2.45) is 0 Å². The van der Waals surface area contributed by atoms with Crippen LogP contribution in [0.3, 0.4) is 0 Å². The highest BCUT2D eigenvalue weighted by atomic mass is 28.4. The van der Waals surface area contributed by atoms with Crippen LogP contribution in [0.5, 0.6) is 0 Å². The first-order valence-corrected chi connectivity index (χ1v) is 12.5. The lowest BCUT2D eigenvalue weighted by Crippen LogP contribution is -2.60. The number of carbonyl (C=O) groups excluding carboxylic acids is 1. The maximum Gasteiger partial charge on any atom is 0.416 e. The zero-order valence-corrected chi connectivity index (χ0v) is 17.8. The first-order chi connectivity index (χ1) is 13.2. The number of ether oxygens (including phenoxy) is 1. The van der Waals surface area contributed by atoms with E-state index in [-0.39, 0.29) is 32.5 Å². The molecule has 0 radical (unpaired) electrons. The molecule has 4 nitrogen and oxygen atoms in total. The minimum Gasteiger partial charge on any atom is -0.445 e. The molecule has 1 aliphatic heterocycles. The third-order valence-corrected chi connectivity index (χ3v) is 10.6. The van der Waals surface area contributed by atoms with E-state index in [4.69, 9.17) is 9.16 Å². The van der Waals surface area contributed by atoms with Crippen LogP contribution in [0.25, 0.3) is 0 Å². The molecule has 0 aromatic heterocycles. The van der Waals surface area contributed by atoms with Gasteiger partial charge < -0.3 is 14.1 Å². The number of carbonyl (C=O) groups is 1. The molecule has 0 N–H and O–H groups in total. The number of halogens is 3. The van der Waals surface area contributed by atoms with Crippen molar-refractivity contribution in [1.82, 2.24) is 4.90 Å². The van der Waals surface area contributed by atoms with Crippen molar-refractivity contribution in [3.05, 3.63) is 35.9 Å². The minimum absolute atomic E-state index is 0.0191. The smallest absolute Gasteiger partial charge is 0.416 e. The average Bonchev–Trinajstić information content (AvgIpc) is 2.71. The second-order valence-electron chi connectivity index (χ2n) is 7.37. The molecule has 0 spiro atoms. The van der Waals surface area contributed by atoms with E-state index >= 15 is 0 Å². The molecule has 1 aromatic carbocycles. The maximum absolute atomic E-state index is 14.0. The molecular formula is C20H30F3NO3Si. The van der Waals surface area contributed by atoms with E-state index in [0.29, 0.717) is 18.1 Å². The first kappa shape index (κ1) is 22.7. The molecule has 158 valence electrons. The van der Waals surface area contributed by atoms with Crippen molar-refractivity contribution in [2.45, 2.75) is 70.1 Å². The number of hydrogen-bond donors (Lipinski definition) is 0. The standard InChI is InChI=1S/C20H30F3NO3Si/c1-4-28(5-2,6-3)27-19(20(21,22)23)12-14-24(15-13-19)18(25)26-16-17-10-8-7-9-11-17/h7-11H,4-6,12-16H2,1-3H3. The predicted octanol–water partition coefficient (Wildman–Crippen LogP) is 5.74. The topological polar surface area (TPSA) is 38.8 Å². The molecule has 1 fully saturated rings. The zero-order valence-electron chi connectivity index (χ0n) is 16.8. The van der Waals surface area contributed by atoms with Crippen LogP contribution >= 0.6 is 0 Å². The van der Waals surface area contributed by atoms with Gasteiger partial charge in [0.15, 0.2) is 13.9 Å². The average molecular weight is 418 g/mol. The van der Waals surface area contributed by atoms with Gasteiger partial charge in [0, 0.05) is 25.9 Å². The summed E-state index contributed by atoms with van der Waals surface area (Å²) in [4.78, 5) is 13.6. The Bertz CT molecular complexity index is 619. The van der Waals surface area contributed by atoms with Gasteiger partial charge in [0.25, 0.3) is 0 Å². The van der Waals surface area contributed by atoms with Gasteiger partial charge in [-0.1, -0.05) is 51.1 Å². The Morgan fingerprint density at radius 3 is 2.07 bits per heavy atom. The molecular weight excluding hydrogens is 387 g/mol. The van der Waals surface area contributed by atoms with Crippen LogP contribution in [0.15, 0.2) is 30.3 Å². The van der Waals surface area contributed by atoms with Crippen LogP contribution in [0.1, 0.15) is 39.2 Å². The van der Waals surface area contributed by atoms with Gasteiger partial charge in [0.1, 0.15) is 6.61 Å². The summed E-state index contributed by atoms with van der Waals surface area (Å²) in [6.45, 7) is 5.82. The van der Waals surface area contributed by atoms with Crippen LogP contribution in [0.2, 0.25) is 18.1 Å². The summed E-state index contributed by atoms with van der Waals surface area (Å²) in [6.07, 6.45) is -5.52. The van der Waals surface area contributed by atoms with E-state index in [2.05, 4.69) is 0 Å². The minimum atomic E-state index is -4.45. The van der Waals surface area contributed by atoms with E-state index in [0.717, 1.165) is 5.56 Å². The van der Waals surface area contributed by atoms with Gasteiger partial charge in [0.2, 0.25) is 0 Å². The van der Waals surface area contributed by atoms with Crippen LogP contribution in [0.4, 0.5) is 18.0 Å². The van der Waals surface area contributed by atoms with Crippen LogP contribution in [0, 0.1) is 0 Å². The van der Waals surface area contributed by atoms with Crippen molar-refractivity contribution in [3.63, 3.8) is 0 Å². The Hall–Kier alpha value is -1.54. The Morgan fingerprint density at radius 1 is 1.07 bits per heavy atom. The molecule has 0 bridgehead atoms. The first-order valence-electron chi connectivity index (χ1n) is 9.93. The van der Waals surface area contributed by atoms with Gasteiger partial charge >= 0.3 is 12.3 Å². The van der Waals surface area contributed by atoms with E-state index < -0.39 is 26.2 Å². The van der Waals surface area contributed by atoms with Crippen molar-refractivity contribution >= 4 is 14.4 Å². The normalized spacial score (nSPS) is 17.4. The Balaban J connectivity index is 2.03. The summed E-state index contributed by atoms with van der Waals surface area (Å²) in [6, 6.07) is 11.2. The molecule has 1 aliphatic rings. The second kappa shape index (κ2) is 9.30. The molecule has 0 atom stereocenters. The third-order valence-electron chi connectivity index (χ3n) is 5.90. The number of alkyl halides is 3. The molecule has 8 heteroatoms. The lowest BCUT2D eigenvalue weighted by atomic mass is 9.91. The second-order valence-corrected chi connectivity index (χ2v) is 12.1. The lowest BCUT2D eigenvalue weighted by molar-refractivity contribution is -0.264. The predicted molar refractivity (Wildman–Crippen MR) is 105 cm³/mol.